The molecule has 0 spiro atoms. The number of aryl methyl sites for hydroxylation is 1. The van der Waals surface area contributed by atoms with E-state index in [1.807, 2.05) is 38.2 Å². The van der Waals surface area contributed by atoms with Gasteiger partial charge in [-0.15, -0.1) is 0 Å². The lowest BCUT2D eigenvalue weighted by atomic mass is 10.0. The van der Waals surface area contributed by atoms with Crippen molar-refractivity contribution in [1.29, 1.82) is 0 Å². The number of carbonyl (C=O) groups excluding carboxylic acids is 1. The number of aldehydes is 1. The summed E-state index contributed by atoms with van der Waals surface area (Å²) >= 11 is 6.09. The quantitative estimate of drug-likeness (QED) is 0.638. The summed E-state index contributed by atoms with van der Waals surface area (Å²) in [5.74, 6) is -0.0844. The van der Waals surface area contributed by atoms with E-state index < -0.39 is 0 Å². The van der Waals surface area contributed by atoms with E-state index in [1.165, 1.54) is 0 Å². The number of fused-ring (bicyclic) bond motifs is 3. The molecule has 2 aromatic carbocycles. The van der Waals surface area contributed by atoms with Crippen molar-refractivity contribution >= 4 is 39.7 Å². The van der Waals surface area contributed by atoms with Crippen LogP contribution >= 0.6 is 11.6 Å². The number of carbonyl (C=O) groups is 1. The van der Waals surface area contributed by atoms with Crippen LogP contribution in [-0.4, -0.2) is 10.9 Å². The molecule has 3 rings (SSSR count). The Morgan fingerprint density at radius 2 is 1.74 bits per heavy atom. The lowest BCUT2D eigenvalue weighted by Gasteiger charge is -2.04. The van der Waals surface area contributed by atoms with Crippen LogP contribution in [0.2, 0.25) is 5.02 Å². The highest BCUT2D eigenvalue weighted by Gasteiger charge is 2.11. The largest absolute Gasteiger partial charge is 0.344 e. The molecule has 0 aliphatic rings. The fourth-order valence-corrected chi connectivity index (χ4v) is 2.74. The molecule has 0 saturated heterocycles. The van der Waals surface area contributed by atoms with Gasteiger partial charge < -0.3 is 9.36 Å². The summed E-state index contributed by atoms with van der Waals surface area (Å²) in [5.41, 5.74) is 3.34. The maximum Gasteiger partial charge on any atom is 0.127 e. The van der Waals surface area contributed by atoms with Gasteiger partial charge in [0.15, 0.2) is 0 Å². The predicted octanol–water partition coefficient (Wildman–Crippen LogP) is 4.29. The van der Waals surface area contributed by atoms with Crippen molar-refractivity contribution in [2.75, 3.05) is 0 Å². The number of aromatic nitrogens is 1. The molecule has 0 aliphatic heterocycles. The van der Waals surface area contributed by atoms with Gasteiger partial charge in [-0.05, 0) is 35.9 Å². The predicted molar refractivity (Wildman–Crippen MR) is 79.9 cm³/mol. The van der Waals surface area contributed by atoms with Crippen LogP contribution in [0.25, 0.3) is 21.8 Å². The third-order valence-corrected chi connectivity index (χ3v) is 3.96. The molecular formula is C16H14ClNO. The van der Waals surface area contributed by atoms with E-state index in [0.29, 0.717) is 0 Å². The van der Waals surface area contributed by atoms with Crippen molar-refractivity contribution < 1.29 is 4.79 Å². The highest BCUT2D eigenvalue weighted by Crippen LogP contribution is 2.32. The van der Waals surface area contributed by atoms with Crippen molar-refractivity contribution in [1.82, 2.24) is 4.57 Å². The molecular weight excluding hydrogens is 258 g/mol. The van der Waals surface area contributed by atoms with Crippen molar-refractivity contribution in [2.24, 2.45) is 7.05 Å². The van der Waals surface area contributed by atoms with Gasteiger partial charge >= 0.3 is 0 Å². The maximum absolute atomic E-state index is 10.9. The standard InChI is InChI=1S/C16H14ClNO/c1-10(9-19)11-3-5-15-13(7-11)14-8-12(17)4-6-16(14)18(15)2/h3-10H,1-2H3. The number of rotatable bonds is 2. The van der Waals surface area contributed by atoms with Crippen LogP contribution in [-0.2, 0) is 11.8 Å². The summed E-state index contributed by atoms with van der Waals surface area (Å²) in [6, 6.07) is 12.1. The molecule has 0 saturated carbocycles. The van der Waals surface area contributed by atoms with Crippen molar-refractivity contribution in [3.05, 3.63) is 47.0 Å². The van der Waals surface area contributed by atoms with Gasteiger partial charge in [0, 0.05) is 39.8 Å². The summed E-state index contributed by atoms with van der Waals surface area (Å²) in [6.07, 6.45) is 0.972. The zero-order chi connectivity index (χ0) is 13.6. The first kappa shape index (κ1) is 12.2. The summed E-state index contributed by atoms with van der Waals surface area (Å²) in [5, 5.41) is 3.00. The Bertz CT molecular complexity index is 788. The fourth-order valence-electron chi connectivity index (χ4n) is 2.57. The Labute approximate surface area is 116 Å². The van der Waals surface area contributed by atoms with Gasteiger partial charge in [0.2, 0.25) is 0 Å². The monoisotopic (exact) mass is 271 g/mol. The van der Waals surface area contributed by atoms with Crippen LogP contribution < -0.4 is 0 Å². The first-order valence-corrected chi connectivity index (χ1v) is 6.62. The van der Waals surface area contributed by atoms with Crippen molar-refractivity contribution in [3.8, 4) is 0 Å². The normalized spacial score (nSPS) is 13.0. The van der Waals surface area contributed by atoms with E-state index in [2.05, 4.69) is 16.7 Å². The third-order valence-electron chi connectivity index (χ3n) is 3.72. The average Bonchev–Trinajstić information content (AvgIpc) is 2.70. The molecule has 0 fully saturated rings. The van der Waals surface area contributed by atoms with Crippen LogP contribution in [0.1, 0.15) is 18.4 Å². The lowest BCUT2D eigenvalue weighted by Crippen LogP contribution is -1.94. The Morgan fingerprint density at radius 1 is 1.11 bits per heavy atom. The Balaban J connectivity index is 2.40. The van der Waals surface area contributed by atoms with Gasteiger partial charge in [0.25, 0.3) is 0 Å². The number of halogens is 1. The second-order valence-corrected chi connectivity index (χ2v) is 5.36. The van der Waals surface area contributed by atoms with E-state index in [1.54, 1.807) is 0 Å². The molecule has 0 N–H and O–H groups in total. The number of benzene rings is 2. The summed E-state index contributed by atoms with van der Waals surface area (Å²) in [6.45, 7) is 1.91. The van der Waals surface area contributed by atoms with Crippen molar-refractivity contribution in [2.45, 2.75) is 12.8 Å². The highest BCUT2D eigenvalue weighted by atomic mass is 35.5. The van der Waals surface area contributed by atoms with E-state index in [-0.39, 0.29) is 5.92 Å². The van der Waals surface area contributed by atoms with E-state index >= 15 is 0 Å². The van der Waals surface area contributed by atoms with Crippen LogP contribution in [0.4, 0.5) is 0 Å². The zero-order valence-electron chi connectivity index (χ0n) is 10.9. The molecule has 0 amide bonds. The van der Waals surface area contributed by atoms with Gasteiger partial charge in [-0.3, -0.25) is 0 Å². The minimum absolute atomic E-state index is 0.0844. The first-order valence-electron chi connectivity index (χ1n) is 6.24. The Hall–Kier alpha value is -1.80. The molecule has 96 valence electrons. The van der Waals surface area contributed by atoms with Crippen LogP contribution in [0.5, 0.6) is 0 Å². The van der Waals surface area contributed by atoms with Crippen molar-refractivity contribution in [3.63, 3.8) is 0 Å². The molecule has 1 aromatic heterocycles. The fraction of sp³-hybridized carbons (Fsp3) is 0.188. The molecule has 2 nitrogen and oxygen atoms in total. The SMILES string of the molecule is CC(C=O)c1ccc2c(c1)c1cc(Cl)ccc1n2C. The molecule has 0 bridgehead atoms. The topological polar surface area (TPSA) is 22.0 Å². The van der Waals surface area contributed by atoms with E-state index in [4.69, 9.17) is 11.6 Å². The second-order valence-electron chi connectivity index (χ2n) is 4.92. The molecule has 0 aliphatic carbocycles. The van der Waals surface area contributed by atoms with E-state index in [9.17, 15) is 4.79 Å². The average molecular weight is 272 g/mol. The first-order chi connectivity index (χ1) is 9.11. The molecule has 1 unspecified atom stereocenters. The summed E-state index contributed by atoms with van der Waals surface area (Å²) in [4.78, 5) is 10.9. The summed E-state index contributed by atoms with van der Waals surface area (Å²) < 4.78 is 2.15. The lowest BCUT2D eigenvalue weighted by molar-refractivity contribution is -0.108. The molecule has 1 atom stereocenters. The molecule has 0 radical (unpaired) electrons. The Kier molecular flexibility index (Phi) is 2.83. The van der Waals surface area contributed by atoms with Gasteiger partial charge in [-0.25, -0.2) is 0 Å². The molecule has 3 heteroatoms. The minimum Gasteiger partial charge on any atom is -0.344 e. The second kappa shape index (κ2) is 4.39. The smallest absolute Gasteiger partial charge is 0.127 e. The summed E-state index contributed by atoms with van der Waals surface area (Å²) in [7, 11) is 2.04. The van der Waals surface area contributed by atoms with Gasteiger partial charge in [-0.2, -0.15) is 0 Å². The minimum atomic E-state index is -0.0844. The number of nitrogens with zero attached hydrogens (tertiary/aromatic N) is 1. The molecule has 1 heterocycles. The number of hydrogen-bond acceptors (Lipinski definition) is 1. The molecule has 3 aromatic rings. The maximum atomic E-state index is 10.9. The van der Waals surface area contributed by atoms with Gasteiger partial charge in [0.1, 0.15) is 6.29 Å². The van der Waals surface area contributed by atoms with Crippen LogP contribution in [0.3, 0.4) is 0 Å². The van der Waals surface area contributed by atoms with Gasteiger partial charge in [0.05, 0.1) is 0 Å². The molecule has 19 heavy (non-hydrogen) atoms. The number of hydrogen-bond donors (Lipinski definition) is 0. The van der Waals surface area contributed by atoms with Gasteiger partial charge in [-0.1, -0.05) is 24.6 Å². The highest BCUT2D eigenvalue weighted by molar-refractivity contribution is 6.31. The zero-order valence-corrected chi connectivity index (χ0v) is 11.6. The Morgan fingerprint density at radius 3 is 2.42 bits per heavy atom. The van der Waals surface area contributed by atoms with Crippen LogP contribution in [0, 0.1) is 0 Å². The third kappa shape index (κ3) is 1.83. The van der Waals surface area contributed by atoms with Crippen LogP contribution in [0.15, 0.2) is 36.4 Å². The van der Waals surface area contributed by atoms with E-state index in [0.717, 1.165) is 38.7 Å².